The van der Waals surface area contributed by atoms with Crippen LogP contribution < -0.4 is 5.32 Å². The van der Waals surface area contributed by atoms with E-state index in [0.717, 1.165) is 66.7 Å². The largest absolute Gasteiger partial charge is 0.487 e. The minimum absolute atomic E-state index is 0.164. The predicted molar refractivity (Wildman–Crippen MR) is 118 cm³/mol. The second-order valence-electron chi connectivity index (χ2n) is 8.59. The average Bonchev–Trinajstić information content (AvgIpc) is 3.33. The lowest BCUT2D eigenvalue weighted by molar-refractivity contribution is -0.112. The third-order valence-corrected chi connectivity index (χ3v) is 6.59. The predicted octanol–water partition coefficient (Wildman–Crippen LogP) is 4.16. The van der Waals surface area contributed by atoms with Crippen LogP contribution in [0, 0.1) is 5.92 Å². The van der Waals surface area contributed by atoms with E-state index in [1.54, 1.807) is 0 Å². The Morgan fingerprint density at radius 3 is 2.73 bits per heavy atom. The number of rotatable bonds is 6. The van der Waals surface area contributed by atoms with Crippen LogP contribution in [0.15, 0.2) is 42.5 Å². The van der Waals surface area contributed by atoms with Crippen LogP contribution >= 0.6 is 0 Å². The van der Waals surface area contributed by atoms with Crippen LogP contribution in [0.2, 0.25) is 0 Å². The van der Waals surface area contributed by atoms with Crippen LogP contribution in [-0.4, -0.2) is 32.1 Å². The molecule has 1 N–H and O–H groups in total. The van der Waals surface area contributed by atoms with E-state index >= 15 is 0 Å². The van der Waals surface area contributed by atoms with Crippen molar-refractivity contribution in [3.63, 3.8) is 0 Å². The number of allylic oxidation sites excluding steroid dienone is 1. The highest BCUT2D eigenvalue weighted by atomic mass is 16.5. The molecule has 4 heteroatoms. The molecule has 0 bridgehead atoms. The van der Waals surface area contributed by atoms with E-state index in [4.69, 9.17) is 9.47 Å². The molecule has 0 spiro atoms. The summed E-state index contributed by atoms with van der Waals surface area (Å²) in [5.41, 5.74) is 6.47. The number of nitrogens with one attached hydrogen (secondary N) is 1. The second-order valence-corrected chi connectivity index (χ2v) is 8.59. The van der Waals surface area contributed by atoms with Crippen LogP contribution in [0.25, 0.3) is 11.3 Å². The van der Waals surface area contributed by atoms with Crippen LogP contribution in [0.3, 0.4) is 0 Å². The maximum absolute atomic E-state index is 12.7. The third-order valence-electron chi connectivity index (χ3n) is 6.59. The molecule has 0 unspecified atom stereocenters. The van der Waals surface area contributed by atoms with Crippen LogP contribution in [0.5, 0.6) is 0 Å². The molecule has 5 rings (SSSR count). The first kappa shape index (κ1) is 19.5. The van der Waals surface area contributed by atoms with Gasteiger partial charge in [-0.05, 0) is 61.4 Å². The highest BCUT2D eigenvalue weighted by Crippen LogP contribution is 2.40. The summed E-state index contributed by atoms with van der Waals surface area (Å²) in [7, 11) is 0. The lowest BCUT2D eigenvalue weighted by Crippen LogP contribution is -2.23. The normalized spacial score (nSPS) is 20.9. The average molecular weight is 404 g/mol. The Hall–Kier alpha value is -2.43. The summed E-state index contributed by atoms with van der Waals surface area (Å²) in [5, 5.41) is 3.59. The monoisotopic (exact) mass is 403 g/mol. The Balaban J connectivity index is 1.22. The van der Waals surface area contributed by atoms with Gasteiger partial charge in [0.15, 0.2) is 5.78 Å². The first-order chi connectivity index (χ1) is 14.8. The highest BCUT2D eigenvalue weighted by Gasteiger charge is 2.32. The number of ketones is 1. The Kier molecular flexibility index (Phi) is 5.69. The van der Waals surface area contributed by atoms with Crippen molar-refractivity contribution in [2.75, 3.05) is 26.3 Å². The summed E-state index contributed by atoms with van der Waals surface area (Å²) in [6.45, 7) is 4.47. The molecule has 2 aromatic rings. The molecule has 0 saturated carbocycles. The van der Waals surface area contributed by atoms with E-state index < -0.39 is 0 Å². The molecule has 156 valence electrons. The van der Waals surface area contributed by atoms with Crippen LogP contribution in [-0.2, 0) is 33.7 Å². The zero-order chi connectivity index (χ0) is 20.3. The minimum Gasteiger partial charge on any atom is -0.487 e. The van der Waals surface area contributed by atoms with E-state index in [-0.39, 0.29) is 5.78 Å². The first-order valence-electron chi connectivity index (χ1n) is 11.2. The number of benzene rings is 2. The minimum atomic E-state index is 0.164. The Morgan fingerprint density at radius 2 is 1.83 bits per heavy atom. The van der Waals surface area contributed by atoms with Crippen molar-refractivity contribution in [1.82, 2.24) is 5.32 Å². The van der Waals surface area contributed by atoms with E-state index in [2.05, 4.69) is 23.5 Å². The van der Waals surface area contributed by atoms with Crippen LogP contribution in [0.1, 0.15) is 47.1 Å². The second kappa shape index (κ2) is 8.75. The molecular formula is C26H29NO3. The topological polar surface area (TPSA) is 47.6 Å². The lowest BCUT2D eigenvalue weighted by atomic mass is 9.96. The highest BCUT2D eigenvalue weighted by molar-refractivity contribution is 6.31. The molecule has 1 saturated heterocycles. The molecular weight excluding hydrogens is 374 g/mol. The number of fused-ring (bicyclic) bond motifs is 2. The maximum atomic E-state index is 12.7. The summed E-state index contributed by atoms with van der Waals surface area (Å²) >= 11 is 0. The number of Topliss-reactive ketones (excluding diaryl/α,β-unsaturated/α-hetero) is 1. The van der Waals surface area contributed by atoms with E-state index in [0.29, 0.717) is 13.0 Å². The van der Waals surface area contributed by atoms with Crippen molar-refractivity contribution in [3.05, 3.63) is 70.3 Å². The quantitative estimate of drug-likeness (QED) is 0.581. The number of hydrogen-bond donors (Lipinski definition) is 1. The van der Waals surface area contributed by atoms with E-state index in [1.165, 1.54) is 30.4 Å². The zero-order valence-electron chi connectivity index (χ0n) is 17.4. The van der Waals surface area contributed by atoms with E-state index in [9.17, 15) is 4.79 Å². The summed E-state index contributed by atoms with van der Waals surface area (Å²) in [5.74, 6) is 1.75. The van der Waals surface area contributed by atoms with Crippen molar-refractivity contribution >= 4 is 17.1 Å². The van der Waals surface area contributed by atoms with Gasteiger partial charge in [0, 0.05) is 30.8 Å². The molecule has 4 nitrogen and oxygen atoms in total. The van der Waals surface area contributed by atoms with Gasteiger partial charge in [-0.3, -0.25) is 4.79 Å². The first-order valence-corrected chi connectivity index (χ1v) is 11.2. The van der Waals surface area contributed by atoms with Gasteiger partial charge in [0.2, 0.25) is 0 Å². The molecule has 0 atom stereocenters. The van der Waals surface area contributed by atoms with Crippen molar-refractivity contribution in [1.29, 1.82) is 0 Å². The molecule has 2 aliphatic heterocycles. The molecule has 0 radical (unpaired) electrons. The molecule has 0 amide bonds. The van der Waals surface area contributed by atoms with Gasteiger partial charge in [-0.1, -0.05) is 42.5 Å². The van der Waals surface area contributed by atoms with Crippen molar-refractivity contribution in [2.24, 2.45) is 5.92 Å². The number of hydrogen-bond acceptors (Lipinski definition) is 4. The van der Waals surface area contributed by atoms with E-state index in [1.807, 2.05) is 24.3 Å². The van der Waals surface area contributed by atoms with Crippen molar-refractivity contribution < 1.29 is 14.3 Å². The smallest absolute Gasteiger partial charge is 0.171 e. The van der Waals surface area contributed by atoms with Gasteiger partial charge < -0.3 is 14.8 Å². The number of carbonyl (C=O) groups excluding carboxylic acids is 1. The summed E-state index contributed by atoms with van der Waals surface area (Å²) in [6.07, 6.45) is 5.14. The summed E-state index contributed by atoms with van der Waals surface area (Å²) in [4.78, 5) is 12.7. The molecule has 1 fully saturated rings. The van der Waals surface area contributed by atoms with Gasteiger partial charge in [-0.15, -0.1) is 0 Å². The van der Waals surface area contributed by atoms with Gasteiger partial charge in [0.1, 0.15) is 12.4 Å². The molecule has 2 aromatic carbocycles. The Morgan fingerprint density at radius 1 is 0.967 bits per heavy atom. The fourth-order valence-electron chi connectivity index (χ4n) is 4.86. The number of carbonyl (C=O) groups is 1. The molecule has 0 aromatic heterocycles. The number of ether oxygens (including phenoxy) is 2. The standard InChI is InChI=1S/C26H29NO3/c28-24-16-20-3-1-2-4-22(20)25(24)26-23-6-5-19(15-21(23)17-30-26)8-12-27-11-7-18-9-13-29-14-10-18/h1-6,15,18,27H,7-14,16-17H2/b26-25+. The summed E-state index contributed by atoms with van der Waals surface area (Å²) in [6, 6.07) is 14.6. The fraction of sp³-hybridized carbons (Fsp3) is 0.423. The Bertz CT molecular complexity index is 972. The third kappa shape index (κ3) is 3.94. The van der Waals surface area contributed by atoms with Crippen molar-refractivity contribution in [2.45, 2.75) is 38.7 Å². The SMILES string of the molecule is O=C1Cc2ccccc2/C1=C1\OCc2cc(CCNCCC3CCOCC3)ccc21. The van der Waals surface area contributed by atoms with Crippen LogP contribution in [0.4, 0.5) is 0 Å². The molecule has 1 aliphatic carbocycles. The fourth-order valence-corrected chi connectivity index (χ4v) is 4.86. The molecule has 2 heterocycles. The maximum Gasteiger partial charge on any atom is 0.171 e. The van der Waals surface area contributed by atoms with Gasteiger partial charge in [0.05, 0.1) is 5.57 Å². The molecule has 3 aliphatic rings. The van der Waals surface area contributed by atoms with Crippen molar-refractivity contribution in [3.8, 4) is 0 Å². The Labute approximate surface area is 178 Å². The van der Waals surface area contributed by atoms with Gasteiger partial charge in [0.25, 0.3) is 0 Å². The zero-order valence-corrected chi connectivity index (χ0v) is 17.4. The van der Waals surface area contributed by atoms with Gasteiger partial charge in [-0.25, -0.2) is 0 Å². The molecule has 30 heavy (non-hydrogen) atoms. The lowest BCUT2D eigenvalue weighted by Gasteiger charge is -2.21. The summed E-state index contributed by atoms with van der Waals surface area (Å²) < 4.78 is 11.5. The van der Waals surface area contributed by atoms with Gasteiger partial charge in [-0.2, -0.15) is 0 Å². The van der Waals surface area contributed by atoms with Gasteiger partial charge >= 0.3 is 0 Å².